The van der Waals surface area contributed by atoms with Crippen molar-refractivity contribution in [3.05, 3.63) is 29.8 Å². The van der Waals surface area contributed by atoms with Crippen LogP contribution in [0.25, 0.3) is 0 Å². The number of benzene rings is 1. The van der Waals surface area contributed by atoms with Gasteiger partial charge in [-0.1, -0.05) is 38.1 Å². The van der Waals surface area contributed by atoms with Gasteiger partial charge in [0.25, 0.3) is 0 Å². The minimum atomic E-state index is -1.50. The summed E-state index contributed by atoms with van der Waals surface area (Å²) in [6, 6.07) is 6.64. The van der Waals surface area contributed by atoms with Crippen LogP contribution < -0.4 is 11.2 Å². The summed E-state index contributed by atoms with van der Waals surface area (Å²) in [4.78, 5) is 11.8. The molecule has 5 nitrogen and oxygen atoms in total. The molecule has 0 saturated carbocycles. The summed E-state index contributed by atoms with van der Waals surface area (Å²) in [6.07, 6.45) is 0.332. The van der Waals surface area contributed by atoms with E-state index in [0.717, 1.165) is 5.56 Å². The summed E-state index contributed by atoms with van der Waals surface area (Å²) in [5, 5.41) is 18.0. The Morgan fingerprint density at radius 2 is 1.89 bits per heavy atom. The van der Waals surface area contributed by atoms with Crippen LogP contribution in [0.2, 0.25) is 0 Å². The van der Waals surface area contributed by atoms with Crippen molar-refractivity contribution in [2.45, 2.75) is 25.8 Å². The summed E-state index contributed by atoms with van der Waals surface area (Å²) in [6.45, 7) is 3.73. The van der Waals surface area contributed by atoms with Crippen molar-refractivity contribution in [3.63, 3.8) is 0 Å². The smallest absolute Gasteiger partial charge is 0.468 e. The minimum Gasteiger partial charge on any atom is -0.468 e. The topological polar surface area (TPSA) is 92.8 Å². The summed E-state index contributed by atoms with van der Waals surface area (Å²) in [7, 11) is -0.181. The summed E-state index contributed by atoms with van der Waals surface area (Å²) in [5.41, 5.74) is 6.30. The van der Waals surface area contributed by atoms with Gasteiger partial charge in [0, 0.05) is 6.42 Å². The number of nitrogens with two attached hydrogens (primary N) is 1. The molecule has 1 aromatic rings. The van der Waals surface area contributed by atoms with E-state index in [1.807, 2.05) is 13.8 Å². The second-order valence-electron chi connectivity index (χ2n) is 4.98. The molecule has 0 bridgehead atoms. The SMILES string of the molecule is COC(=O)C(N)(Cc1ccc(B(O)O)cc1)C(C)C. The maximum atomic E-state index is 11.8. The zero-order chi connectivity index (χ0) is 14.6. The van der Waals surface area contributed by atoms with Gasteiger partial charge in [0.2, 0.25) is 0 Å². The Hall–Kier alpha value is -1.37. The van der Waals surface area contributed by atoms with Crippen LogP contribution in [0.5, 0.6) is 0 Å². The monoisotopic (exact) mass is 265 g/mol. The number of carbonyl (C=O) groups is 1. The Morgan fingerprint density at radius 1 is 1.37 bits per heavy atom. The van der Waals surface area contributed by atoms with Gasteiger partial charge in [-0.15, -0.1) is 0 Å². The first kappa shape index (κ1) is 15.7. The highest BCUT2D eigenvalue weighted by Gasteiger charge is 2.38. The Bertz CT molecular complexity index is 433. The number of methoxy groups -OCH3 is 1. The Labute approximate surface area is 113 Å². The van der Waals surface area contributed by atoms with Crippen LogP contribution in [0.1, 0.15) is 19.4 Å². The van der Waals surface area contributed by atoms with Gasteiger partial charge < -0.3 is 20.5 Å². The third kappa shape index (κ3) is 3.56. The molecule has 104 valence electrons. The Kier molecular flexibility index (Phi) is 5.11. The van der Waals surface area contributed by atoms with E-state index < -0.39 is 18.6 Å². The summed E-state index contributed by atoms with van der Waals surface area (Å²) >= 11 is 0. The average Bonchev–Trinajstić information content (AvgIpc) is 2.37. The van der Waals surface area contributed by atoms with Crippen LogP contribution in [-0.2, 0) is 16.0 Å². The molecule has 0 aromatic heterocycles. The fourth-order valence-electron chi connectivity index (χ4n) is 1.85. The first-order valence-corrected chi connectivity index (χ1v) is 6.13. The molecular formula is C13H20BNO4. The van der Waals surface area contributed by atoms with Gasteiger partial charge in [-0.2, -0.15) is 0 Å². The van der Waals surface area contributed by atoms with E-state index in [1.54, 1.807) is 24.3 Å². The van der Waals surface area contributed by atoms with E-state index in [-0.39, 0.29) is 5.92 Å². The van der Waals surface area contributed by atoms with Gasteiger partial charge in [-0.3, -0.25) is 4.79 Å². The largest absolute Gasteiger partial charge is 0.488 e. The van der Waals surface area contributed by atoms with Crippen LogP contribution in [0.15, 0.2) is 24.3 Å². The van der Waals surface area contributed by atoms with E-state index in [2.05, 4.69) is 0 Å². The predicted octanol–water partition coefficient (Wildman–Crippen LogP) is -0.565. The lowest BCUT2D eigenvalue weighted by atomic mass is 9.78. The van der Waals surface area contributed by atoms with Crippen molar-refractivity contribution in [2.24, 2.45) is 11.7 Å². The van der Waals surface area contributed by atoms with Gasteiger partial charge >= 0.3 is 13.1 Å². The lowest BCUT2D eigenvalue weighted by Gasteiger charge is -2.30. The van der Waals surface area contributed by atoms with E-state index in [4.69, 9.17) is 20.5 Å². The van der Waals surface area contributed by atoms with Crippen LogP contribution in [0.4, 0.5) is 0 Å². The zero-order valence-corrected chi connectivity index (χ0v) is 11.5. The van der Waals surface area contributed by atoms with Crippen molar-refractivity contribution in [3.8, 4) is 0 Å². The standard InChI is InChI=1S/C13H20BNO4/c1-9(2)13(15,12(16)19-3)8-10-4-6-11(7-5-10)14(17)18/h4-7,9,17-18H,8,15H2,1-3H3. The third-order valence-electron chi connectivity index (χ3n) is 3.37. The third-order valence-corrected chi connectivity index (χ3v) is 3.37. The molecule has 0 amide bonds. The molecule has 0 aliphatic carbocycles. The highest BCUT2D eigenvalue weighted by Crippen LogP contribution is 2.21. The molecule has 1 atom stereocenters. The van der Waals surface area contributed by atoms with Crippen molar-refractivity contribution >= 4 is 18.6 Å². The highest BCUT2D eigenvalue weighted by molar-refractivity contribution is 6.58. The fourth-order valence-corrected chi connectivity index (χ4v) is 1.85. The molecule has 4 N–H and O–H groups in total. The first-order chi connectivity index (χ1) is 8.81. The summed E-state index contributed by atoms with van der Waals surface area (Å²) < 4.78 is 4.77. The zero-order valence-electron chi connectivity index (χ0n) is 11.5. The van der Waals surface area contributed by atoms with E-state index in [9.17, 15) is 4.79 Å². The molecule has 0 aliphatic rings. The number of hydrogen-bond donors (Lipinski definition) is 3. The molecule has 0 radical (unpaired) electrons. The molecule has 1 rings (SSSR count). The van der Waals surface area contributed by atoms with Gasteiger partial charge in [-0.25, -0.2) is 0 Å². The maximum absolute atomic E-state index is 11.8. The van der Waals surface area contributed by atoms with Crippen LogP contribution in [0, 0.1) is 5.92 Å². The number of hydrogen-bond acceptors (Lipinski definition) is 5. The van der Waals surface area contributed by atoms with Crippen LogP contribution >= 0.6 is 0 Å². The number of ether oxygens (including phenoxy) is 1. The lowest BCUT2D eigenvalue weighted by Crippen LogP contribution is -2.54. The second kappa shape index (κ2) is 6.19. The molecule has 0 saturated heterocycles. The normalized spacial score (nSPS) is 14.1. The molecule has 0 heterocycles. The summed E-state index contributed by atoms with van der Waals surface area (Å²) in [5.74, 6) is -0.531. The average molecular weight is 265 g/mol. The Morgan fingerprint density at radius 3 is 2.26 bits per heavy atom. The lowest BCUT2D eigenvalue weighted by molar-refractivity contribution is -0.148. The first-order valence-electron chi connectivity index (χ1n) is 6.13. The maximum Gasteiger partial charge on any atom is 0.488 e. The highest BCUT2D eigenvalue weighted by atomic mass is 16.5. The second-order valence-corrected chi connectivity index (χ2v) is 4.98. The molecule has 1 aromatic carbocycles. The molecule has 1 unspecified atom stereocenters. The quantitative estimate of drug-likeness (QED) is 0.490. The molecule has 0 spiro atoms. The van der Waals surface area contributed by atoms with Crippen molar-refractivity contribution in [1.82, 2.24) is 0 Å². The Balaban J connectivity index is 2.94. The van der Waals surface area contributed by atoms with Crippen LogP contribution in [0.3, 0.4) is 0 Å². The van der Waals surface area contributed by atoms with Crippen molar-refractivity contribution in [1.29, 1.82) is 0 Å². The number of rotatable bonds is 5. The van der Waals surface area contributed by atoms with Gasteiger partial charge in [0.15, 0.2) is 0 Å². The van der Waals surface area contributed by atoms with Crippen LogP contribution in [-0.4, -0.2) is 35.8 Å². The van der Waals surface area contributed by atoms with Crippen molar-refractivity contribution < 1.29 is 19.6 Å². The van der Waals surface area contributed by atoms with E-state index >= 15 is 0 Å². The molecule has 0 aliphatic heterocycles. The fraction of sp³-hybridized carbons (Fsp3) is 0.462. The van der Waals surface area contributed by atoms with E-state index in [1.165, 1.54) is 7.11 Å². The number of carbonyl (C=O) groups excluding carboxylic acids is 1. The molecule has 19 heavy (non-hydrogen) atoms. The molecule has 6 heteroatoms. The van der Waals surface area contributed by atoms with Gasteiger partial charge in [0.05, 0.1) is 7.11 Å². The van der Waals surface area contributed by atoms with Crippen molar-refractivity contribution in [2.75, 3.05) is 7.11 Å². The van der Waals surface area contributed by atoms with Gasteiger partial charge in [0.1, 0.15) is 5.54 Å². The molecule has 0 fully saturated rings. The number of esters is 1. The van der Waals surface area contributed by atoms with Gasteiger partial charge in [-0.05, 0) is 16.9 Å². The molecular weight excluding hydrogens is 245 g/mol. The predicted molar refractivity (Wildman–Crippen MR) is 73.7 cm³/mol. The minimum absolute atomic E-state index is 0.0805. The van der Waals surface area contributed by atoms with E-state index in [0.29, 0.717) is 11.9 Å².